The van der Waals surface area contributed by atoms with Gasteiger partial charge in [0.2, 0.25) is 0 Å². The molecular formula is C19H25N5O4. The molecule has 0 saturated carbocycles. The summed E-state index contributed by atoms with van der Waals surface area (Å²) >= 11 is 0. The number of para-hydroxylation sites is 1. The molecule has 0 amide bonds. The van der Waals surface area contributed by atoms with E-state index in [0.717, 1.165) is 16.7 Å². The van der Waals surface area contributed by atoms with Crippen molar-refractivity contribution in [1.82, 2.24) is 24.0 Å². The van der Waals surface area contributed by atoms with Crippen molar-refractivity contribution >= 4 is 11.2 Å². The van der Waals surface area contributed by atoms with Crippen molar-refractivity contribution < 1.29 is 9.84 Å². The number of benzene rings is 1. The minimum absolute atomic E-state index is 0.216. The van der Waals surface area contributed by atoms with Gasteiger partial charge in [-0.1, -0.05) is 18.2 Å². The van der Waals surface area contributed by atoms with E-state index in [4.69, 9.17) is 4.74 Å². The predicted octanol–water partition coefficient (Wildman–Crippen LogP) is -0.147. The molecule has 0 spiro atoms. The molecule has 1 aromatic carbocycles. The van der Waals surface area contributed by atoms with Gasteiger partial charge in [0.1, 0.15) is 18.5 Å². The average molecular weight is 387 g/mol. The number of rotatable bonds is 9. The van der Waals surface area contributed by atoms with Crippen LogP contribution in [0.3, 0.4) is 0 Å². The maximum absolute atomic E-state index is 12.4. The van der Waals surface area contributed by atoms with E-state index in [1.165, 1.54) is 11.6 Å². The van der Waals surface area contributed by atoms with Crippen LogP contribution >= 0.6 is 0 Å². The monoisotopic (exact) mass is 387 g/mol. The van der Waals surface area contributed by atoms with E-state index in [9.17, 15) is 14.7 Å². The van der Waals surface area contributed by atoms with Gasteiger partial charge in [-0.3, -0.25) is 13.9 Å². The summed E-state index contributed by atoms with van der Waals surface area (Å²) in [7, 11) is 3.06. The van der Waals surface area contributed by atoms with Crippen molar-refractivity contribution in [2.24, 2.45) is 14.1 Å². The SMILES string of the molecule is Cn1c(=O)c2c(ncn2CCCNCC(O)COc2ccccc2)n(C)c1=O. The fourth-order valence-electron chi connectivity index (χ4n) is 2.98. The Labute approximate surface area is 161 Å². The molecule has 2 N–H and O–H groups in total. The molecule has 1 atom stereocenters. The zero-order chi connectivity index (χ0) is 20.1. The summed E-state index contributed by atoms with van der Waals surface area (Å²) in [6.07, 6.45) is 1.70. The molecule has 28 heavy (non-hydrogen) atoms. The molecule has 150 valence electrons. The molecule has 9 nitrogen and oxygen atoms in total. The molecule has 9 heteroatoms. The Morgan fingerprint density at radius 3 is 2.68 bits per heavy atom. The molecule has 3 rings (SSSR count). The smallest absolute Gasteiger partial charge is 0.332 e. The fraction of sp³-hybridized carbons (Fsp3) is 0.421. The molecular weight excluding hydrogens is 362 g/mol. The Balaban J connectivity index is 1.47. The van der Waals surface area contributed by atoms with Crippen LogP contribution in [0.1, 0.15) is 6.42 Å². The van der Waals surface area contributed by atoms with Gasteiger partial charge in [0.15, 0.2) is 11.2 Å². The molecule has 0 aliphatic rings. The number of hydrogen-bond acceptors (Lipinski definition) is 6. The Morgan fingerprint density at radius 2 is 1.93 bits per heavy atom. The quantitative estimate of drug-likeness (QED) is 0.495. The van der Waals surface area contributed by atoms with Gasteiger partial charge < -0.3 is 19.7 Å². The standard InChI is InChI=1S/C19H25N5O4/c1-22-17-16(18(26)23(2)19(22)27)24(13-21-17)10-6-9-20-11-14(25)12-28-15-7-4-3-5-8-15/h3-5,7-8,13-14,20,25H,6,9-12H2,1-2H3. The molecule has 2 heterocycles. The second-order valence-electron chi connectivity index (χ2n) is 6.65. The number of aryl methyl sites for hydroxylation is 2. The summed E-state index contributed by atoms with van der Waals surface area (Å²) < 4.78 is 9.72. The van der Waals surface area contributed by atoms with Crippen LogP contribution in [0.15, 0.2) is 46.2 Å². The van der Waals surface area contributed by atoms with Gasteiger partial charge in [-0.2, -0.15) is 0 Å². The second-order valence-corrected chi connectivity index (χ2v) is 6.65. The van der Waals surface area contributed by atoms with E-state index >= 15 is 0 Å². The van der Waals surface area contributed by atoms with Gasteiger partial charge >= 0.3 is 5.69 Å². The first-order valence-electron chi connectivity index (χ1n) is 9.16. The van der Waals surface area contributed by atoms with Gasteiger partial charge in [0.05, 0.1) is 6.33 Å². The lowest BCUT2D eigenvalue weighted by molar-refractivity contribution is 0.106. The fourth-order valence-corrected chi connectivity index (χ4v) is 2.98. The van der Waals surface area contributed by atoms with Crippen LogP contribution in [0.2, 0.25) is 0 Å². The van der Waals surface area contributed by atoms with E-state index in [1.54, 1.807) is 17.9 Å². The molecule has 0 saturated heterocycles. The maximum atomic E-state index is 12.4. The number of imidazole rings is 1. The number of fused-ring (bicyclic) bond motifs is 1. The number of nitrogens with one attached hydrogen (secondary N) is 1. The first kappa shape index (κ1) is 19.8. The van der Waals surface area contributed by atoms with Gasteiger partial charge in [-0.15, -0.1) is 0 Å². The number of ether oxygens (including phenoxy) is 1. The van der Waals surface area contributed by atoms with E-state index in [-0.39, 0.29) is 12.2 Å². The number of aromatic nitrogens is 4. The lowest BCUT2D eigenvalue weighted by atomic mass is 10.3. The van der Waals surface area contributed by atoms with Crippen LogP contribution in [0.4, 0.5) is 0 Å². The van der Waals surface area contributed by atoms with E-state index in [1.807, 2.05) is 30.3 Å². The highest BCUT2D eigenvalue weighted by molar-refractivity contribution is 5.69. The normalized spacial score (nSPS) is 12.4. The van der Waals surface area contributed by atoms with Crippen LogP contribution in [0.25, 0.3) is 11.2 Å². The van der Waals surface area contributed by atoms with E-state index in [2.05, 4.69) is 10.3 Å². The summed E-state index contributed by atoms with van der Waals surface area (Å²) in [6.45, 7) is 1.86. The van der Waals surface area contributed by atoms with Crippen LogP contribution < -0.4 is 21.3 Å². The van der Waals surface area contributed by atoms with Gasteiger partial charge in [-0.05, 0) is 25.1 Å². The van der Waals surface area contributed by atoms with Crippen molar-refractivity contribution in [2.75, 3.05) is 19.7 Å². The molecule has 1 unspecified atom stereocenters. The molecule has 0 fully saturated rings. The van der Waals surface area contributed by atoms with Crippen LogP contribution in [-0.2, 0) is 20.6 Å². The second kappa shape index (κ2) is 8.85. The lowest BCUT2D eigenvalue weighted by Crippen LogP contribution is -2.37. The Bertz CT molecular complexity index is 1040. The highest BCUT2D eigenvalue weighted by Crippen LogP contribution is 2.08. The highest BCUT2D eigenvalue weighted by Gasteiger charge is 2.13. The van der Waals surface area contributed by atoms with Gasteiger partial charge in [0, 0.05) is 27.2 Å². The van der Waals surface area contributed by atoms with Crippen molar-refractivity contribution in [2.45, 2.75) is 19.1 Å². The first-order chi connectivity index (χ1) is 13.5. The summed E-state index contributed by atoms with van der Waals surface area (Å²) in [4.78, 5) is 28.5. The number of hydrogen-bond donors (Lipinski definition) is 2. The highest BCUT2D eigenvalue weighted by atomic mass is 16.5. The molecule has 2 aromatic heterocycles. The minimum atomic E-state index is -0.615. The minimum Gasteiger partial charge on any atom is -0.491 e. The Kier molecular flexibility index (Phi) is 6.27. The van der Waals surface area contributed by atoms with Crippen LogP contribution in [-0.4, -0.2) is 49.6 Å². The third kappa shape index (κ3) is 4.32. The lowest BCUT2D eigenvalue weighted by Gasteiger charge is -2.13. The molecule has 0 aliphatic carbocycles. The number of nitrogens with zero attached hydrogens (tertiary/aromatic N) is 4. The molecule has 0 radical (unpaired) electrons. The Morgan fingerprint density at radius 1 is 1.18 bits per heavy atom. The third-order valence-corrected chi connectivity index (χ3v) is 4.54. The third-order valence-electron chi connectivity index (χ3n) is 4.54. The predicted molar refractivity (Wildman–Crippen MR) is 106 cm³/mol. The summed E-state index contributed by atoms with van der Waals surface area (Å²) in [5, 5.41) is 13.2. The largest absolute Gasteiger partial charge is 0.491 e. The molecule has 3 aromatic rings. The van der Waals surface area contributed by atoms with Gasteiger partial charge in [-0.25, -0.2) is 9.78 Å². The van der Waals surface area contributed by atoms with E-state index in [0.29, 0.717) is 30.8 Å². The summed E-state index contributed by atoms with van der Waals surface area (Å²) in [5.41, 5.74) is 0.0589. The molecule has 0 bridgehead atoms. The van der Waals surface area contributed by atoms with Crippen molar-refractivity contribution in [3.63, 3.8) is 0 Å². The summed E-state index contributed by atoms with van der Waals surface area (Å²) in [5.74, 6) is 0.726. The van der Waals surface area contributed by atoms with Crippen LogP contribution in [0, 0.1) is 0 Å². The first-order valence-corrected chi connectivity index (χ1v) is 9.16. The van der Waals surface area contributed by atoms with Crippen molar-refractivity contribution in [1.29, 1.82) is 0 Å². The number of aliphatic hydroxyl groups is 1. The van der Waals surface area contributed by atoms with Gasteiger partial charge in [0.25, 0.3) is 5.56 Å². The summed E-state index contributed by atoms with van der Waals surface area (Å²) in [6, 6.07) is 9.35. The number of aliphatic hydroxyl groups excluding tert-OH is 1. The molecule has 0 aliphatic heterocycles. The van der Waals surface area contributed by atoms with Crippen molar-refractivity contribution in [3.05, 3.63) is 57.5 Å². The Hall–Kier alpha value is -2.91. The van der Waals surface area contributed by atoms with Crippen molar-refractivity contribution in [3.8, 4) is 5.75 Å². The average Bonchev–Trinajstić information content (AvgIpc) is 3.13. The topological polar surface area (TPSA) is 103 Å². The van der Waals surface area contributed by atoms with Crippen LogP contribution in [0.5, 0.6) is 5.75 Å². The maximum Gasteiger partial charge on any atom is 0.332 e. The zero-order valence-corrected chi connectivity index (χ0v) is 16.0. The zero-order valence-electron chi connectivity index (χ0n) is 16.0. The van der Waals surface area contributed by atoms with E-state index < -0.39 is 11.8 Å².